The molecule has 0 aliphatic rings. The van der Waals surface area contributed by atoms with Gasteiger partial charge < -0.3 is 15.3 Å². The molecule has 1 amide bonds. The number of aromatic nitrogens is 2. The summed E-state index contributed by atoms with van der Waals surface area (Å²) in [6.45, 7) is 3.88. The third-order valence-electron chi connectivity index (χ3n) is 5.17. The minimum absolute atomic E-state index is 0.0380. The first-order chi connectivity index (χ1) is 16.8. The van der Waals surface area contributed by atoms with Crippen LogP contribution in [0, 0.1) is 0 Å². The second kappa shape index (κ2) is 11.2. The van der Waals surface area contributed by atoms with E-state index in [-0.39, 0.29) is 17.2 Å². The fourth-order valence-corrected chi connectivity index (χ4v) is 4.67. The number of benzene rings is 2. The molecule has 0 unspecified atom stereocenters. The first kappa shape index (κ1) is 27.4. The van der Waals surface area contributed by atoms with Crippen molar-refractivity contribution < 1.29 is 18.3 Å². The predicted octanol–water partition coefficient (Wildman–Crippen LogP) is 3.82. The Morgan fingerprint density at radius 1 is 1.25 bits per heavy atom. The van der Waals surface area contributed by atoms with Crippen LogP contribution in [0.25, 0.3) is 11.1 Å². The molecule has 1 heterocycles. The Balaban J connectivity index is 1.94. The van der Waals surface area contributed by atoms with Crippen LogP contribution in [0.15, 0.2) is 64.2 Å². The fourth-order valence-electron chi connectivity index (χ4n) is 3.30. The Hall–Kier alpha value is -3.21. The number of amides is 1. The quantitative estimate of drug-likeness (QED) is 0.303. The van der Waals surface area contributed by atoms with Crippen molar-refractivity contribution in [2.45, 2.75) is 43.7 Å². The van der Waals surface area contributed by atoms with Crippen LogP contribution in [0.3, 0.4) is 0 Å². The predicted molar refractivity (Wildman–Crippen MR) is 142 cm³/mol. The van der Waals surface area contributed by atoms with Crippen molar-refractivity contribution in [1.82, 2.24) is 14.7 Å². The third-order valence-corrected chi connectivity index (χ3v) is 6.80. The SMILES string of the molecule is CN(C)C=NS(=O)(=O)c1cc(NC(=O)Cc2ccccc2Cl)ccc1-c1cnn(CCC(C)(C)O)c1. The lowest BCUT2D eigenvalue weighted by molar-refractivity contribution is -0.115. The Morgan fingerprint density at radius 3 is 2.64 bits per heavy atom. The van der Waals surface area contributed by atoms with Crippen molar-refractivity contribution >= 4 is 39.6 Å². The Kier molecular flexibility index (Phi) is 8.55. The first-order valence-corrected chi connectivity index (χ1v) is 13.1. The Morgan fingerprint density at radius 2 is 1.97 bits per heavy atom. The average Bonchev–Trinajstić information content (AvgIpc) is 3.26. The highest BCUT2D eigenvalue weighted by Gasteiger charge is 2.21. The number of sulfonamides is 1. The fraction of sp³-hybridized carbons (Fsp3) is 0.320. The monoisotopic (exact) mass is 531 g/mol. The Labute approximate surface area is 216 Å². The van der Waals surface area contributed by atoms with E-state index in [9.17, 15) is 18.3 Å². The van der Waals surface area contributed by atoms with Crippen LogP contribution < -0.4 is 5.32 Å². The molecule has 0 bridgehead atoms. The molecule has 0 aliphatic heterocycles. The van der Waals surface area contributed by atoms with E-state index in [1.807, 2.05) is 0 Å². The standard InChI is InChI=1S/C25H30ClN5O4S/c1-25(2,33)11-12-31-16-19(15-27-31)21-10-9-20(14-23(21)36(34,35)28-17-30(3)4)29-24(32)13-18-7-5-6-8-22(18)26/h5-10,14-17,33H,11-13H2,1-4H3,(H,29,32). The van der Waals surface area contributed by atoms with Crippen molar-refractivity contribution in [2.24, 2.45) is 4.40 Å². The van der Waals surface area contributed by atoms with Crippen LogP contribution in [0.4, 0.5) is 5.69 Å². The number of hydrogen-bond acceptors (Lipinski definition) is 5. The van der Waals surface area contributed by atoms with Gasteiger partial charge in [-0.15, -0.1) is 4.40 Å². The van der Waals surface area contributed by atoms with E-state index < -0.39 is 15.6 Å². The van der Waals surface area contributed by atoms with Crippen LogP contribution in [0.2, 0.25) is 5.02 Å². The molecule has 0 radical (unpaired) electrons. The molecule has 3 rings (SSSR count). The average molecular weight is 532 g/mol. The molecule has 0 fully saturated rings. The minimum Gasteiger partial charge on any atom is -0.390 e. The summed E-state index contributed by atoms with van der Waals surface area (Å²) in [7, 11) is -0.777. The molecule has 36 heavy (non-hydrogen) atoms. The summed E-state index contributed by atoms with van der Waals surface area (Å²) >= 11 is 6.15. The van der Waals surface area contributed by atoms with Crippen LogP contribution in [-0.4, -0.2) is 60.1 Å². The number of halogens is 1. The molecule has 0 spiro atoms. The molecule has 2 N–H and O–H groups in total. The number of nitrogens with zero attached hydrogens (tertiary/aromatic N) is 4. The van der Waals surface area contributed by atoms with Crippen molar-refractivity contribution in [2.75, 3.05) is 19.4 Å². The summed E-state index contributed by atoms with van der Waals surface area (Å²) in [5.41, 5.74) is 1.08. The number of rotatable bonds is 10. The van der Waals surface area contributed by atoms with Crippen molar-refractivity contribution in [3.63, 3.8) is 0 Å². The zero-order valence-electron chi connectivity index (χ0n) is 20.6. The number of carbonyl (C=O) groups is 1. The van der Waals surface area contributed by atoms with Gasteiger partial charge in [0.25, 0.3) is 10.0 Å². The van der Waals surface area contributed by atoms with Gasteiger partial charge in [-0.3, -0.25) is 9.48 Å². The molecule has 3 aromatic rings. The van der Waals surface area contributed by atoms with Crippen molar-refractivity contribution in [3.05, 3.63) is 65.4 Å². The number of aryl methyl sites for hydroxylation is 1. The lowest BCUT2D eigenvalue weighted by Gasteiger charge is -2.16. The van der Waals surface area contributed by atoms with E-state index >= 15 is 0 Å². The van der Waals surface area contributed by atoms with E-state index in [2.05, 4.69) is 14.8 Å². The second-order valence-corrected chi connectivity index (χ2v) is 11.2. The highest BCUT2D eigenvalue weighted by Crippen LogP contribution is 2.31. The Bertz CT molecular complexity index is 1360. The maximum absolute atomic E-state index is 13.2. The van der Waals surface area contributed by atoms with Gasteiger partial charge in [-0.05, 0) is 44.0 Å². The maximum Gasteiger partial charge on any atom is 0.284 e. The van der Waals surface area contributed by atoms with Gasteiger partial charge >= 0.3 is 0 Å². The number of anilines is 1. The molecule has 0 saturated heterocycles. The molecular formula is C25H30ClN5O4S. The van der Waals surface area contributed by atoms with Gasteiger partial charge in [0.05, 0.1) is 23.1 Å². The molecule has 192 valence electrons. The summed E-state index contributed by atoms with van der Waals surface area (Å²) in [4.78, 5) is 14.1. The molecule has 9 nitrogen and oxygen atoms in total. The smallest absolute Gasteiger partial charge is 0.284 e. The minimum atomic E-state index is -4.11. The lowest BCUT2D eigenvalue weighted by atomic mass is 10.1. The molecule has 11 heteroatoms. The molecule has 1 aromatic heterocycles. The first-order valence-electron chi connectivity index (χ1n) is 11.2. The van der Waals surface area contributed by atoms with Crippen LogP contribution in [-0.2, 0) is 27.8 Å². The summed E-state index contributed by atoms with van der Waals surface area (Å²) in [6.07, 6.45) is 4.99. The van der Waals surface area contributed by atoms with Gasteiger partial charge in [0.2, 0.25) is 5.91 Å². The summed E-state index contributed by atoms with van der Waals surface area (Å²) in [6, 6.07) is 11.7. The van der Waals surface area contributed by atoms with E-state index in [1.165, 1.54) is 17.3 Å². The van der Waals surface area contributed by atoms with Gasteiger partial charge in [0.1, 0.15) is 6.34 Å². The van der Waals surface area contributed by atoms with Crippen LogP contribution in [0.1, 0.15) is 25.8 Å². The van der Waals surface area contributed by atoms with E-state index in [0.717, 1.165) is 0 Å². The van der Waals surface area contributed by atoms with Crippen molar-refractivity contribution in [3.8, 4) is 11.1 Å². The van der Waals surface area contributed by atoms with Gasteiger partial charge in [0, 0.05) is 48.7 Å². The lowest BCUT2D eigenvalue weighted by Crippen LogP contribution is -2.21. The summed E-state index contributed by atoms with van der Waals surface area (Å²) in [5.74, 6) is -0.338. The normalized spacial score (nSPS) is 12.2. The zero-order chi connectivity index (χ0) is 26.5. The van der Waals surface area contributed by atoms with E-state index in [0.29, 0.717) is 40.4 Å². The molecular weight excluding hydrogens is 502 g/mol. The van der Waals surface area contributed by atoms with Gasteiger partial charge in [0.15, 0.2) is 0 Å². The number of aliphatic hydroxyl groups is 1. The molecule has 2 aromatic carbocycles. The number of hydrogen-bond donors (Lipinski definition) is 2. The van der Waals surface area contributed by atoms with Gasteiger partial charge in [-0.1, -0.05) is 35.9 Å². The number of nitrogens with one attached hydrogen (secondary N) is 1. The molecule has 0 saturated carbocycles. The zero-order valence-corrected chi connectivity index (χ0v) is 22.2. The summed E-state index contributed by atoms with van der Waals surface area (Å²) < 4.78 is 31.7. The largest absolute Gasteiger partial charge is 0.390 e. The van der Waals surface area contributed by atoms with Gasteiger partial charge in [-0.25, -0.2) is 0 Å². The number of carbonyl (C=O) groups excluding carboxylic acids is 1. The van der Waals surface area contributed by atoms with Crippen LogP contribution in [0.5, 0.6) is 0 Å². The van der Waals surface area contributed by atoms with E-state index in [1.54, 1.807) is 81.4 Å². The van der Waals surface area contributed by atoms with Crippen LogP contribution >= 0.6 is 11.6 Å². The second-order valence-electron chi connectivity index (χ2n) is 9.24. The van der Waals surface area contributed by atoms with Gasteiger partial charge in [-0.2, -0.15) is 13.5 Å². The third kappa shape index (κ3) is 7.64. The maximum atomic E-state index is 13.2. The highest BCUT2D eigenvalue weighted by atomic mass is 35.5. The topological polar surface area (TPSA) is 117 Å². The highest BCUT2D eigenvalue weighted by molar-refractivity contribution is 7.90. The molecule has 0 aliphatic carbocycles. The summed E-state index contributed by atoms with van der Waals surface area (Å²) in [5, 5.41) is 17.5. The van der Waals surface area contributed by atoms with Crippen molar-refractivity contribution in [1.29, 1.82) is 0 Å². The molecule has 0 atom stereocenters. The van der Waals surface area contributed by atoms with E-state index in [4.69, 9.17) is 11.6 Å².